The van der Waals surface area contributed by atoms with Gasteiger partial charge in [-0.3, -0.25) is 10.0 Å². The Morgan fingerprint density at radius 3 is 1.76 bits per heavy atom. The zero-order valence-electron chi connectivity index (χ0n) is 11.5. The van der Waals surface area contributed by atoms with Gasteiger partial charge in [-0.05, 0) is 12.8 Å². The van der Waals surface area contributed by atoms with Crippen molar-refractivity contribution < 1.29 is 10.0 Å². The fourth-order valence-electron chi connectivity index (χ4n) is 2.13. The van der Waals surface area contributed by atoms with Crippen LogP contribution in [-0.2, 0) is 4.79 Å². The molecule has 0 aromatic rings. The summed E-state index contributed by atoms with van der Waals surface area (Å²) < 4.78 is 0. The molecule has 0 heterocycles. The second-order valence-corrected chi connectivity index (χ2v) is 4.87. The molecule has 0 bridgehead atoms. The average Bonchev–Trinajstić information content (AvgIpc) is 2.36. The second-order valence-electron chi connectivity index (χ2n) is 4.87. The number of amides is 1. The molecule has 0 atom stereocenters. The minimum Gasteiger partial charge on any atom is -0.289 e. The molecule has 0 radical (unpaired) electrons. The Morgan fingerprint density at radius 1 is 0.941 bits per heavy atom. The van der Waals surface area contributed by atoms with Crippen LogP contribution in [-0.4, -0.2) is 11.1 Å². The maximum absolute atomic E-state index is 11.5. The standard InChI is InChI=1S/C14H29NO2/c1-3-5-7-9-11-13(14(16)15-17)12-10-8-6-4-2/h13,17H,3-12H2,1-2H3,(H,15,16). The van der Waals surface area contributed by atoms with Crippen LogP contribution >= 0.6 is 0 Å². The highest BCUT2D eigenvalue weighted by molar-refractivity contribution is 5.77. The van der Waals surface area contributed by atoms with E-state index in [9.17, 15) is 4.79 Å². The monoisotopic (exact) mass is 243 g/mol. The number of nitrogens with one attached hydrogen (secondary N) is 1. The predicted octanol–water partition coefficient (Wildman–Crippen LogP) is 4.05. The highest BCUT2D eigenvalue weighted by Gasteiger charge is 2.16. The first-order valence-corrected chi connectivity index (χ1v) is 7.20. The van der Waals surface area contributed by atoms with Crippen molar-refractivity contribution in [2.75, 3.05) is 0 Å². The van der Waals surface area contributed by atoms with Gasteiger partial charge in [-0.1, -0.05) is 65.2 Å². The zero-order valence-corrected chi connectivity index (χ0v) is 11.5. The molecule has 1 amide bonds. The van der Waals surface area contributed by atoms with E-state index < -0.39 is 0 Å². The lowest BCUT2D eigenvalue weighted by molar-refractivity contribution is -0.133. The van der Waals surface area contributed by atoms with Crippen molar-refractivity contribution in [1.82, 2.24) is 5.48 Å². The van der Waals surface area contributed by atoms with Crippen molar-refractivity contribution in [3.8, 4) is 0 Å². The molecule has 0 saturated carbocycles. The molecule has 0 saturated heterocycles. The molecular weight excluding hydrogens is 214 g/mol. The summed E-state index contributed by atoms with van der Waals surface area (Å²) in [5.74, 6) is -0.188. The summed E-state index contributed by atoms with van der Waals surface area (Å²) in [7, 11) is 0. The van der Waals surface area contributed by atoms with Crippen LogP contribution in [0.2, 0.25) is 0 Å². The van der Waals surface area contributed by atoms with Crippen molar-refractivity contribution in [1.29, 1.82) is 0 Å². The number of hydrogen-bond acceptors (Lipinski definition) is 2. The van der Waals surface area contributed by atoms with Gasteiger partial charge in [0, 0.05) is 5.92 Å². The lowest BCUT2D eigenvalue weighted by atomic mass is 9.94. The second kappa shape index (κ2) is 11.9. The molecule has 0 rings (SSSR count). The Morgan fingerprint density at radius 2 is 1.41 bits per heavy atom. The maximum Gasteiger partial charge on any atom is 0.246 e. The minimum atomic E-state index is -0.196. The third-order valence-electron chi connectivity index (χ3n) is 3.29. The van der Waals surface area contributed by atoms with Gasteiger partial charge in [0.2, 0.25) is 5.91 Å². The first-order valence-electron chi connectivity index (χ1n) is 7.20. The van der Waals surface area contributed by atoms with Gasteiger partial charge in [0.05, 0.1) is 0 Å². The highest BCUT2D eigenvalue weighted by Crippen LogP contribution is 2.18. The molecule has 0 fully saturated rings. The lowest BCUT2D eigenvalue weighted by Crippen LogP contribution is -2.27. The Labute approximate surface area is 106 Å². The Kier molecular flexibility index (Phi) is 11.5. The van der Waals surface area contributed by atoms with Gasteiger partial charge in [0.15, 0.2) is 0 Å². The summed E-state index contributed by atoms with van der Waals surface area (Å²) in [5, 5.41) is 8.71. The highest BCUT2D eigenvalue weighted by atomic mass is 16.5. The van der Waals surface area contributed by atoms with Crippen molar-refractivity contribution in [3.63, 3.8) is 0 Å². The summed E-state index contributed by atoms with van der Waals surface area (Å²) in [4.78, 5) is 11.5. The van der Waals surface area contributed by atoms with Crippen LogP contribution in [0.15, 0.2) is 0 Å². The van der Waals surface area contributed by atoms with E-state index in [1.165, 1.54) is 38.5 Å². The first kappa shape index (κ1) is 16.4. The van der Waals surface area contributed by atoms with Crippen LogP contribution < -0.4 is 5.48 Å². The van der Waals surface area contributed by atoms with Gasteiger partial charge in [0.1, 0.15) is 0 Å². The molecule has 3 heteroatoms. The van der Waals surface area contributed by atoms with Crippen LogP contribution in [0.5, 0.6) is 0 Å². The third-order valence-corrected chi connectivity index (χ3v) is 3.29. The summed E-state index contributed by atoms with van der Waals surface area (Å²) >= 11 is 0. The van der Waals surface area contributed by atoms with E-state index in [0.29, 0.717) is 0 Å². The van der Waals surface area contributed by atoms with Gasteiger partial charge in [0.25, 0.3) is 0 Å². The molecule has 102 valence electrons. The quantitative estimate of drug-likeness (QED) is 0.327. The largest absolute Gasteiger partial charge is 0.289 e. The number of hydrogen-bond donors (Lipinski definition) is 2. The Hall–Kier alpha value is -0.570. The van der Waals surface area contributed by atoms with Crippen LogP contribution in [0, 0.1) is 5.92 Å². The predicted molar refractivity (Wildman–Crippen MR) is 70.9 cm³/mol. The van der Waals surface area contributed by atoms with Gasteiger partial charge in [-0.25, -0.2) is 5.48 Å². The minimum absolute atomic E-state index is 0.00807. The fraction of sp³-hybridized carbons (Fsp3) is 0.929. The molecule has 17 heavy (non-hydrogen) atoms. The van der Waals surface area contributed by atoms with E-state index >= 15 is 0 Å². The van der Waals surface area contributed by atoms with Crippen LogP contribution in [0.4, 0.5) is 0 Å². The molecule has 0 aromatic heterocycles. The van der Waals surface area contributed by atoms with Gasteiger partial charge < -0.3 is 0 Å². The number of unbranched alkanes of at least 4 members (excludes halogenated alkanes) is 6. The Bertz CT molecular complexity index is 171. The van der Waals surface area contributed by atoms with Gasteiger partial charge in [-0.15, -0.1) is 0 Å². The third kappa shape index (κ3) is 9.16. The molecule has 0 aliphatic heterocycles. The zero-order chi connectivity index (χ0) is 12.9. The van der Waals surface area contributed by atoms with Crippen molar-refractivity contribution in [3.05, 3.63) is 0 Å². The molecule has 0 aromatic carbocycles. The van der Waals surface area contributed by atoms with E-state index in [4.69, 9.17) is 5.21 Å². The first-order chi connectivity index (χ1) is 8.26. The number of hydroxylamine groups is 1. The molecule has 2 N–H and O–H groups in total. The van der Waals surface area contributed by atoms with Gasteiger partial charge >= 0.3 is 0 Å². The summed E-state index contributed by atoms with van der Waals surface area (Å²) in [6, 6.07) is 0. The normalized spacial score (nSPS) is 10.8. The van der Waals surface area contributed by atoms with E-state index in [0.717, 1.165) is 25.7 Å². The molecule has 0 unspecified atom stereocenters. The number of carbonyl (C=O) groups is 1. The molecule has 0 aliphatic rings. The molecular formula is C14H29NO2. The lowest BCUT2D eigenvalue weighted by Gasteiger charge is -2.14. The van der Waals surface area contributed by atoms with E-state index in [2.05, 4.69) is 13.8 Å². The van der Waals surface area contributed by atoms with E-state index in [1.807, 2.05) is 5.48 Å². The van der Waals surface area contributed by atoms with E-state index in [-0.39, 0.29) is 11.8 Å². The summed E-state index contributed by atoms with van der Waals surface area (Å²) in [5.41, 5.74) is 1.81. The van der Waals surface area contributed by atoms with Crippen molar-refractivity contribution in [2.24, 2.45) is 5.92 Å². The molecule has 0 aliphatic carbocycles. The van der Waals surface area contributed by atoms with Crippen molar-refractivity contribution in [2.45, 2.75) is 78.1 Å². The van der Waals surface area contributed by atoms with E-state index in [1.54, 1.807) is 0 Å². The number of carbonyl (C=O) groups excluding carboxylic acids is 1. The summed E-state index contributed by atoms with van der Waals surface area (Å²) in [6.45, 7) is 4.37. The molecule has 3 nitrogen and oxygen atoms in total. The Balaban J connectivity index is 3.76. The van der Waals surface area contributed by atoms with Gasteiger partial charge in [-0.2, -0.15) is 0 Å². The smallest absolute Gasteiger partial charge is 0.246 e. The number of rotatable bonds is 11. The average molecular weight is 243 g/mol. The fourth-order valence-corrected chi connectivity index (χ4v) is 2.13. The topological polar surface area (TPSA) is 49.3 Å². The maximum atomic E-state index is 11.5. The van der Waals surface area contributed by atoms with Crippen molar-refractivity contribution >= 4 is 5.91 Å². The van der Waals surface area contributed by atoms with Crippen LogP contribution in [0.1, 0.15) is 78.1 Å². The van der Waals surface area contributed by atoms with Crippen LogP contribution in [0.3, 0.4) is 0 Å². The molecule has 0 spiro atoms. The SMILES string of the molecule is CCCCCCC(CCCCCC)C(=O)NO. The van der Waals surface area contributed by atoms with Crippen LogP contribution in [0.25, 0.3) is 0 Å². The summed E-state index contributed by atoms with van der Waals surface area (Å²) in [6.07, 6.45) is 11.3.